The van der Waals surface area contributed by atoms with Gasteiger partial charge < -0.3 is 4.98 Å². The zero-order chi connectivity index (χ0) is 11.0. The summed E-state index contributed by atoms with van der Waals surface area (Å²) in [4.78, 5) is 12.1. The average molecular weight is 203 g/mol. The standard InChI is InChI=1S/C12H17N3/c1-7(2)9-10(8(3)4)15-12-11(9)13-5-6-14-12/h5-8H,1-4H3,(H,14,15). The Labute approximate surface area is 90.0 Å². The molecule has 0 bridgehead atoms. The zero-order valence-electron chi connectivity index (χ0n) is 9.70. The van der Waals surface area contributed by atoms with E-state index in [9.17, 15) is 0 Å². The van der Waals surface area contributed by atoms with E-state index in [2.05, 4.69) is 42.6 Å². The molecule has 2 aromatic heterocycles. The maximum atomic E-state index is 4.41. The van der Waals surface area contributed by atoms with Crippen LogP contribution in [-0.2, 0) is 0 Å². The van der Waals surface area contributed by atoms with E-state index in [0.717, 1.165) is 11.2 Å². The number of nitrogens with one attached hydrogen (secondary N) is 1. The lowest BCUT2D eigenvalue weighted by Crippen LogP contribution is -1.96. The molecule has 2 aromatic rings. The van der Waals surface area contributed by atoms with Crippen molar-refractivity contribution in [3.05, 3.63) is 23.7 Å². The molecule has 0 saturated heterocycles. The molecule has 0 saturated carbocycles. The van der Waals surface area contributed by atoms with E-state index in [1.165, 1.54) is 11.3 Å². The van der Waals surface area contributed by atoms with Crippen LogP contribution in [0.2, 0.25) is 0 Å². The van der Waals surface area contributed by atoms with Gasteiger partial charge in [-0.15, -0.1) is 0 Å². The number of H-pyrrole nitrogens is 1. The van der Waals surface area contributed by atoms with E-state index in [0.29, 0.717) is 11.8 Å². The Morgan fingerprint density at radius 1 is 1.00 bits per heavy atom. The van der Waals surface area contributed by atoms with Gasteiger partial charge in [-0.2, -0.15) is 0 Å². The molecule has 1 N–H and O–H groups in total. The highest BCUT2D eigenvalue weighted by Crippen LogP contribution is 2.30. The molecular weight excluding hydrogens is 186 g/mol. The molecule has 0 radical (unpaired) electrons. The summed E-state index contributed by atoms with van der Waals surface area (Å²) in [6, 6.07) is 0. The molecule has 2 heterocycles. The van der Waals surface area contributed by atoms with E-state index in [-0.39, 0.29) is 0 Å². The van der Waals surface area contributed by atoms with Crippen LogP contribution in [-0.4, -0.2) is 15.0 Å². The molecule has 3 nitrogen and oxygen atoms in total. The number of aromatic nitrogens is 3. The van der Waals surface area contributed by atoms with Gasteiger partial charge in [-0.3, -0.25) is 4.98 Å². The van der Waals surface area contributed by atoms with Crippen LogP contribution < -0.4 is 0 Å². The van der Waals surface area contributed by atoms with Crippen LogP contribution in [0, 0.1) is 0 Å². The lowest BCUT2D eigenvalue weighted by Gasteiger charge is -2.09. The first-order chi connectivity index (χ1) is 7.11. The predicted octanol–water partition coefficient (Wildman–Crippen LogP) is 3.20. The predicted molar refractivity (Wildman–Crippen MR) is 62.1 cm³/mol. The van der Waals surface area contributed by atoms with Gasteiger partial charge in [0.1, 0.15) is 5.52 Å². The maximum absolute atomic E-state index is 4.41. The second-order valence-electron chi connectivity index (χ2n) is 4.52. The molecule has 0 aliphatic carbocycles. The van der Waals surface area contributed by atoms with Gasteiger partial charge in [0.2, 0.25) is 0 Å². The Bertz CT molecular complexity index is 469. The minimum atomic E-state index is 0.479. The first kappa shape index (κ1) is 10.1. The van der Waals surface area contributed by atoms with E-state index in [4.69, 9.17) is 0 Å². The van der Waals surface area contributed by atoms with Crippen molar-refractivity contribution in [2.24, 2.45) is 0 Å². The van der Waals surface area contributed by atoms with Crippen molar-refractivity contribution in [2.45, 2.75) is 39.5 Å². The molecule has 0 aliphatic rings. The number of hydrogen-bond acceptors (Lipinski definition) is 2. The topological polar surface area (TPSA) is 41.6 Å². The molecular formula is C12H17N3. The van der Waals surface area contributed by atoms with Crippen molar-refractivity contribution in [1.82, 2.24) is 15.0 Å². The summed E-state index contributed by atoms with van der Waals surface area (Å²) in [5, 5.41) is 0. The lowest BCUT2D eigenvalue weighted by atomic mass is 9.97. The zero-order valence-corrected chi connectivity index (χ0v) is 9.70. The minimum Gasteiger partial charge on any atom is -0.341 e. The number of rotatable bonds is 2. The highest BCUT2D eigenvalue weighted by molar-refractivity contribution is 5.77. The molecule has 2 rings (SSSR count). The molecule has 0 atom stereocenters. The lowest BCUT2D eigenvalue weighted by molar-refractivity contribution is 0.777. The average Bonchev–Trinajstić information content (AvgIpc) is 2.56. The third-order valence-corrected chi connectivity index (χ3v) is 2.65. The summed E-state index contributed by atoms with van der Waals surface area (Å²) in [5.74, 6) is 0.964. The smallest absolute Gasteiger partial charge is 0.156 e. The third kappa shape index (κ3) is 1.62. The van der Waals surface area contributed by atoms with Crippen molar-refractivity contribution in [3.63, 3.8) is 0 Å². The van der Waals surface area contributed by atoms with Crippen molar-refractivity contribution in [1.29, 1.82) is 0 Å². The fourth-order valence-electron chi connectivity index (χ4n) is 1.99. The van der Waals surface area contributed by atoms with Crippen LogP contribution in [0.5, 0.6) is 0 Å². The van der Waals surface area contributed by atoms with Crippen LogP contribution in [0.3, 0.4) is 0 Å². The van der Waals surface area contributed by atoms with Crippen molar-refractivity contribution in [2.75, 3.05) is 0 Å². The van der Waals surface area contributed by atoms with Crippen molar-refractivity contribution in [3.8, 4) is 0 Å². The molecule has 0 spiro atoms. The minimum absolute atomic E-state index is 0.479. The Morgan fingerprint density at radius 2 is 1.67 bits per heavy atom. The second kappa shape index (κ2) is 3.65. The Kier molecular flexibility index (Phi) is 2.47. The quantitative estimate of drug-likeness (QED) is 0.814. The van der Waals surface area contributed by atoms with Gasteiger partial charge in [0.05, 0.1) is 0 Å². The van der Waals surface area contributed by atoms with E-state index in [1.54, 1.807) is 12.4 Å². The molecule has 0 aliphatic heterocycles. The molecule has 0 fully saturated rings. The highest BCUT2D eigenvalue weighted by Gasteiger charge is 2.17. The first-order valence-corrected chi connectivity index (χ1v) is 5.43. The Balaban J connectivity index is 2.75. The molecule has 0 unspecified atom stereocenters. The van der Waals surface area contributed by atoms with Gasteiger partial charge in [0, 0.05) is 23.7 Å². The van der Waals surface area contributed by atoms with Crippen molar-refractivity contribution < 1.29 is 0 Å². The summed E-state index contributed by atoms with van der Waals surface area (Å²) >= 11 is 0. The Morgan fingerprint density at radius 3 is 2.27 bits per heavy atom. The van der Waals surface area contributed by atoms with Gasteiger partial charge in [0.25, 0.3) is 0 Å². The summed E-state index contributed by atoms with van der Waals surface area (Å²) in [7, 11) is 0. The fraction of sp³-hybridized carbons (Fsp3) is 0.500. The van der Waals surface area contributed by atoms with Crippen LogP contribution in [0.1, 0.15) is 50.8 Å². The van der Waals surface area contributed by atoms with E-state index < -0.39 is 0 Å². The van der Waals surface area contributed by atoms with E-state index >= 15 is 0 Å². The summed E-state index contributed by atoms with van der Waals surface area (Å²) in [5.41, 5.74) is 4.51. The van der Waals surface area contributed by atoms with Gasteiger partial charge >= 0.3 is 0 Å². The SMILES string of the molecule is CC(C)c1[nH]c2nccnc2c1C(C)C. The van der Waals surface area contributed by atoms with Crippen LogP contribution in [0.25, 0.3) is 11.2 Å². The van der Waals surface area contributed by atoms with Crippen LogP contribution >= 0.6 is 0 Å². The fourth-order valence-corrected chi connectivity index (χ4v) is 1.99. The summed E-state index contributed by atoms with van der Waals surface area (Å²) in [6.07, 6.45) is 3.49. The second-order valence-corrected chi connectivity index (χ2v) is 4.52. The van der Waals surface area contributed by atoms with Crippen LogP contribution in [0.15, 0.2) is 12.4 Å². The first-order valence-electron chi connectivity index (χ1n) is 5.43. The monoisotopic (exact) mass is 203 g/mol. The maximum Gasteiger partial charge on any atom is 0.156 e. The number of aromatic amines is 1. The largest absolute Gasteiger partial charge is 0.341 e. The van der Waals surface area contributed by atoms with Gasteiger partial charge in [0.15, 0.2) is 5.65 Å². The van der Waals surface area contributed by atoms with E-state index in [1.807, 2.05) is 0 Å². The van der Waals surface area contributed by atoms with Gasteiger partial charge in [-0.1, -0.05) is 27.7 Å². The molecule has 0 aromatic carbocycles. The number of nitrogens with zero attached hydrogens (tertiary/aromatic N) is 2. The van der Waals surface area contributed by atoms with Crippen molar-refractivity contribution >= 4 is 11.2 Å². The number of hydrogen-bond donors (Lipinski definition) is 1. The molecule has 80 valence electrons. The molecule has 3 heteroatoms. The Hall–Kier alpha value is -1.38. The summed E-state index contributed by atoms with van der Waals surface area (Å²) in [6.45, 7) is 8.78. The molecule has 15 heavy (non-hydrogen) atoms. The van der Waals surface area contributed by atoms with Crippen LogP contribution in [0.4, 0.5) is 0 Å². The van der Waals surface area contributed by atoms with Gasteiger partial charge in [-0.05, 0) is 11.8 Å². The number of fused-ring (bicyclic) bond motifs is 1. The molecule has 0 amide bonds. The normalized spacial score (nSPS) is 11.9. The third-order valence-electron chi connectivity index (χ3n) is 2.65. The summed E-state index contributed by atoms with van der Waals surface area (Å²) < 4.78 is 0. The van der Waals surface area contributed by atoms with Gasteiger partial charge in [-0.25, -0.2) is 4.98 Å². The highest BCUT2D eigenvalue weighted by atomic mass is 14.9.